The number of hydrazone groups is 1. The number of carbonyl (C=O) groups is 1. The van der Waals surface area contributed by atoms with Gasteiger partial charge in [0, 0.05) is 22.0 Å². The van der Waals surface area contributed by atoms with Gasteiger partial charge in [-0.15, -0.1) is 11.8 Å². The first-order chi connectivity index (χ1) is 12.7. The second kappa shape index (κ2) is 8.35. The van der Waals surface area contributed by atoms with E-state index in [9.17, 15) is 9.90 Å². The molecule has 6 nitrogen and oxygen atoms in total. The van der Waals surface area contributed by atoms with Crippen molar-refractivity contribution in [2.24, 2.45) is 5.10 Å². The number of nitrogens with zero attached hydrogens (tertiary/aromatic N) is 2. The summed E-state index contributed by atoms with van der Waals surface area (Å²) in [6.07, 6.45) is 3.11. The van der Waals surface area contributed by atoms with E-state index < -0.39 is 0 Å². The molecular formula is C19H17N3O3S. The third-order valence-electron chi connectivity index (χ3n) is 3.58. The van der Waals surface area contributed by atoms with Crippen LogP contribution >= 0.6 is 11.8 Å². The lowest BCUT2D eigenvalue weighted by Gasteiger charge is -2.05. The maximum absolute atomic E-state index is 12.0. The lowest BCUT2D eigenvalue weighted by Crippen LogP contribution is -2.19. The van der Waals surface area contributed by atoms with E-state index >= 15 is 0 Å². The van der Waals surface area contributed by atoms with Gasteiger partial charge < -0.3 is 9.84 Å². The smallest absolute Gasteiger partial charge is 0.250 e. The van der Waals surface area contributed by atoms with Crippen molar-refractivity contribution in [3.63, 3.8) is 0 Å². The summed E-state index contributed by atoms with van der Waals surface area (Å²) >= 11 is 1.40. The number of aromatic nitrogens is 1. The standard InChI is InChI=1S/C19H17N3O3S/c1-25-15-7-8-16(23)14(10-15)11-21-22-18(24)12-26-17-6-2-4-13-5-3-9-20-19(13)17/h2-11,23H,12H2,1H3,(H,22,24). The Bertz CT molecular complexity index is 954. The number of ether oxygens (including phenoxy) is 1. The van der Waals surface area contributed by atoms with E-state index in [0.29, 0.717) is 11.3 Å². The van der Waals surface area contributed by atoms with E-state index in [1.54, 1.807) is 18.3 Å². The predicted molar refractivity (Wildman–Crippen MR) is 103 cm³/mol. The Morgan fingerprint density at radius 2 is 2.15 bits per heavy atom. The van der Waals surface area contributed by atoms with Crippen LogP contribution in [-0.4, -0.2) is 35.1 Å². The monoisotopic (exact) mass is 367 g/mol. The number of phenols is 1. The highest BCUT2D eigenvalue weighted by atomic mass is 32.2. The molecule has 0 fully saturated rings. The average Bonchev–Trinajstić information content (AvgIpc) is 2.67. The Morgan fingerprint density at radius 1 is 1.31 bits per heavy atom. The van der Waals surface area contributed by atoms with E-state index in [1.807, 2.05) is 30.3 Å². The molecule has 0 aliphatic heterocycles. The summed E-state index contributed by atoms with van der Waals surface area (Å²) in [5, 5.41) is 14.7. The number of hydrogen-bond acceptors (Lipinski definition) is 6. The molecule has 1 heterocycles. The highest BCUT2D eigenvalue weighted by molar-refractivity contribution is 8.00. The minimum Gasteiger partial charge on any atom is -0.507 e. The first kappa shape index (κ1) is 17.8. The zero-order valence-corrected chi connectivity index (χ0v) is 14.9. The fourth-order valence-electron chi connectivity index (χ4n) is 2.31. The predicted octanol–water partition coefficient (Wildman–Crippen LogP) is 3.19. The lowest BCUT2D eigenvalue weighted by atomic mass is 10.2. The van der Waals surface area contributed by atoms with Gasteiger partial charge in [0.2, 0.25) is 5.91 Å². The van der Waals surface area contributed by atoms with Gasteiger partial charge in [0.25, 0.3) is 0 Å². The second-order valence-corrected chi connectivity index (χ2v) is 6.36. The van der Waals surface area contributed by atoms with Gasteiger partial charge in [-0.05, 0) is 30.3 Å². The molecule has 0 radical (unpaired) electrons. The van der Waals surface area contributed by atoms with Crippen LogP contribution < -0.4 is 10.2 Å². The highest BCUT2D eigenvalue weighted by Gasteiger charge is 2.06. The molecule has 0 saturated carbocycles. The second-order valence-electron chi connectivity index (χ2n) is 5.34. The maximum atomic E-state index is 12.0. The number of nitrogens with one attached hydrogen (secondary N) is 1. The minimum atomic E-state index is -0.249. The van der Waals surface area contributed by atoms with Crippen LogP contribution in [0, 0.1) is 0 Å². The Balaban J connectivity index is 1.59. The van der Waals surface area contributed by atoms with E-state index in [4.69, 9.17) is 4.74 Å². The molecule has 0 bridgehead atoms. The summed E-state index contributed by atoms with van der Waals surface area (Å²) in [7, 11) is 1.54. The van der Waals surface area contributed by atoms with Crippen LogP contribution in [0.25, 0.3) is 10.9 Å². The van der Waals surface area contributed by atoms with Crippen LogP contribution in [0.3, 0.4) is 0 Å². The van der Waals surface area contributed by atoms with Gasteiger partial charge in [-0.25, -0.2) is 5.43 Å². The molecule has 1 aromatic heterocycles. The number of fused-ring (bicyclic) bond motifs is 1. The highest BCUT2D eigenvalue weighted by Crippen LogP contribution is 2.25. The first-order valence-corrected chi connectivity index (χ1v) is 8.81. The van der Waals surface area contributed by atoms with Gasteiger partial charge in [0.15, 0.2) is 0 Å². The number of benzene rings is 2. The molecule has 2 aromatic carbocycles. The number of aromatic hydroxyl groups is 1. The average molecular weight is 367 g/mol. The van der Waals surface area contributed by atoms with E-state index in [2.05, 4.69) is 15.5 Å². The molecule has 132 valence electrons. The van der Waals surface area contributed by atoms with Crippen molar-refractivity contribution in [3.05, 3.63) is 60.3 Å². The fraction of sp³-hybridized carbons (Fsp3) is 0.105. The quantitative estimate of drug-likeness (QED) is 0.397. The Labute approximate surface area is 154 Å². The van der Waals surface area contributed by atoms with E-state index in [-0.39, 0.29) is 17.4 Å². The number of pyridine rings is 1. The number of rotatable bonds is 6. The molecule has 0 unspecified atom stereocenters. The third kappa shape index (κ3) is 4.31. The van der Waals surface area contributed by atoms with Gasteiger partial charge in [0.05, 0.1) is 24.6 Å². The van der Waals surface area contributed by atoms with Crippen molar-refractivity contribution in [3.8, 4) is 11.5 Å². The third-order valence-corrected chi connectivity index (χ3v) is 4.63. The van der Waals surface area contributed by atoms with Crippen LogP contribution in [0.5, 0.6) is 11.5 Å². The maximum Gasteiger partial charge on any atom is 0.250 e. The Hall–Kier alpha value is -3.06. The van der Waals surface area contributed by atoms with E-state index in [1.165, 1.54) is 31.2 Å². The largest absolute Gasteiger partial charge is 0.507 e. The van der Waals surface area contributed by atoms with Gasteiger partial charge in [-0.2, -0.15) is 5.10 Å². The lowest BCUT2D eigenvalue weighted by molar-refractivity contribution is -0.118. The number of hydrogen-bond donors (Lipinski definition) is 2. The summed E-state index contributed by atoms with van der Waals surface area (Å²) in [5.41, 5.74) is 3.78. The summed E-state index contributed by atoms with van der Waals surface area (Å²) in [6.45, 7) is 0. The number of methoxy groups -OCH3 is 1. The summed E-state index contributed by atoms with van der Waals surface area (Å²) in [5.74, 6) is 0.605. The zero-order valence-electron chi connectivity index (χ0n) is 14.0. The van der Waals surface area contributed by atoms with Crippen molar-refractivity contribution >= 4 is 34.8 Å². The van der Waals surface area contributed by atoms with Crippen molar-refractivity contribution < 1.29 is 14.6 Å². The Morgan fingerprint density at radius 3 is 3.00 bits per heavy atom. The zero-order chi connectivity index (χ0) is 18.4. The van der Waals surface area contributed by atoms with Crippen LogP contribution in [0.15, 0.2) is 64.7 Å². The topological polar surface area (TPSA) is 83.8 Å². The molecule has 0 atom stereocenters. The van der Waals surface area contributed by atoms with Gasteiger partial charge in [-0.1, -0.05) is 18.2 Å². The van der Waals surface area contributed by atoms with Crippen LogP contribution in [-0.2, 0) is 4.79 Å². The van der Waals surface area contributed by atoms with Crippen molar-refractivity contribution in [2.45, 2.75) is 4.90 Å². The van der Waals surface area contributed by atoms with Crippen LogP contribution in [0.2, 0.25) is 0 Å². The molecule has 0 saturated heterocycles. The molecule has 0 aliphatic carbocycles. The molecule has 7 heteroatoms. The van der Waals surface area contributed by atoms with Crippen molar-refractivity contribution in [1.82, 2.24) is 10.4 Å². The van der Waals surface area contributed by atoms with Crippen molar-refractivity contribution in [2.75, 3.05) is 12.9 Å². The van der Waals surface area contributed by atoms with Crippen LogP contribution in [0.4, 0.5) is 0 Å². The molecule has 0 aliphatic rings. The number of carbonyl (C=O) groups excluding carboxylic acids is 1. The summed E-state index contributed by atoms with van der Waals surface area (Å²) in [4.78, 5) is 17.3. The fourth-order valence-corrected chi connectivity index (χ4v) is 3.14. The van der Waals surface area contributed by atoms with Crippen LogP contribution in [0.1, 0.15) is 5.56 Å². The molecule has 3 aromatic rings. The number of phenolic OH excluding ortho intramolecular Hbond substituents is 1. The molecule has 1 amide bonds. The number of amides is 1. The minimum absolute atomic E-state index is 0.0556. The normalized spacial score (nSPS) is 11.0. The first-order valence-electron chi connectivity index (χ1n) is 7.83. The number of thioether (sulfide) groups is 1. The van der Waals surface area contributed by atoms with Gasteiger partial charge >= 0.3 is 0 Å². The number of para-hydroxylation sites is 1. The molecular weight excluding hydrogens is 350 g/mol. The van der Waals surface area contributed by atoms with Gasteiger partial charge in [-0.3, -0.25) is 9.78 Å². The van der Waals surface area contributed by atoms with E-state index in [0.717, 1.165) is 15.8 Å². The molecule has 2 N–H and O–H groups in total. The van der Waals surface area contributed by atoms with Crippen molar-refractivity contribution in [1.29, 1.82) is 0 Å². The summed E-state index contributed by atoms with van der Waals surface area (Å²) in [6, 6.07) is 14.5. The SMILES string of the molecule is COc1ccc(O)c(C=NNC(=O)CSc2cccc3cccnc23)c1. The Kier molecular flexibility index (Phi) is 5.70. The molecule has 26 heavy (non-hydrogen) atoms. The molecule has 0 spiro atoms. The van der Waals surface area contributed by atoms with Gasteiger partial charge in [0.1, 0.15) is 11.5 Å². The molecule has 3 rings (SSSR count). The summed E-state index contributed by atoms with van der Waals surface area (Å²) < 4.78 is 5.09.